The Morgan fingerprint density at radius 3 is 2.71 bits per heavy atom. The van der Waals surface area contributed by atoms with Gasteiger partial charge in [-0.05, 0) is 18.2 Å². The number of carbonyl (C=O) groups excluding carboxylic acids is 2. The maximum atomic E-state index is 12.0. The van der Waals surface area contributed by atoms with Crippen molar-refractivity contribution >= 4 is 17.5 Å². The van der Waals surface area contributed by atoms with Gasteiger partial charge in [0.05, 0.1) is 0 Å². The van der Waals surface area contributed by atoms with E-state index in [9.17, 15) is 9.59 Å². The third-order valence-corrected chi connectivity index (χ3v) is 2.84. The van der Waals surface area contributed by atoms with E-state index in [1.807, 2.05) is 6.92 Å². The summed E-state index contributed by atoms with van der Waals surface area (Å²) in [7, 11) is 3.35. The maximum Gasteiger partial charge on any atom is 0.295 e. The zero-order chi connectivity index (χ0) is 15.4. The second kappa shape index (κ2) is 6.17. The van der Waals surface area contributed by atoms with Crippen LogP contribution < -0.4 is 5.32 Å². The Morgan fingerprint density at radius 1 is 1.33 bits per heavy atom. The molecule has 2 amide bonds. The number of aromatic nitrogens is 3. The molecule has 2 aromatic rings. The van der Waals surface area contributed by atoms with Crippen LogP contribution in [0.4, 0.5) is 5.69 Å². The third kappa shape index (κ3) is 3.44. The molecule has 0 unspecified atom stereocenters. The molecule has 0 bridgehead atoms. The molecule has 0 fully saturated rings. The number of hydrogen-bond acceptors (Lipinski definition) is 4. The molecule has 21 heavy (non-hydrogen) atoms. The number of benzene rings is 1. The highest BCUT2D eigenvalue weighted by atomic mass is 16.2. The van der Waals surface area contributed by atoms with E-state index in [4.69, 9.17) is 0 Å². The average molecular weight is 287 g/mol. The predicted octanol–water partition coefficient (Wildman–Crippen LogP) is 1.32. The topological polar surface area (TPSA) is 91.0 Å². The summed E-state index contributed by atoms with van der Waals surface area (Å²) < 4.78 is 0. The number of rotatable bonds is 4. The number of H-pyrrole nitrogens is 1. The molecule has 7 nitrogen and oxygen atoms in total. The van der Waals surface area contributed by atoms with Gasteiger partial charge in [0, 0.05) is 31.8 Å². The Hall–Kier alpha value is -2.70. The maximum absolute atomic E-state index is 12.0. The standard InChI is InChI=1S/C14H17N5O2/c1-4-11-16-12(18-17-11)13(20)15-10-7-5-6-9(8-10)14(21)19(2)3/h5-8H,4H2,1-3H3,(H,15,20)(H,16,17,18). The van der Waals surface area contributed by atoms with Crippen LogP contribution in [0.1, 0.15) is 33.7 Å². The largest absolute Gasteiger partial charge is 0.345 e. The van der Waals surface area contributed by atoms with Crippen LogP contribution in [-0.4, -0.2) is 46.0 Å². The molecule has 0 atom stereocenters. The van der Waals surface area contributed by atoms with E-state index in [0.717, 1.165) is 0 Å². The molecule has 0 radical (unpaired) electrons. The first-order chi connectivity index (χ1) is 10.0. The summed E-state index contributed by atoms with van der Waals surface area (Å²) in [5, 5.41) is 9.20. The van der Waals surface area contributed by atoms with Gasteiger partial charge in [-0.1, -0.05) is 13.0 Å². The van der Waals surface area contributed by atoms with Gasteiger partial charge in [0.15, 0.2) is 0 Å². The van der Waals surface area contributed by atoms with E-state index in [0.29, 0.717) is 23.5 Å². The van der Waals surface area contributed by atoms with Crippen molar-refractivity contribution in [3.8, 4) is 0 Å². The van der Waals surface area contributed by atoms with Crippen molar-refractivity contribution in [2.75, 3.05) is 19.4 Å². The monoisotopic (exact) mass is 287 g/mol. The minimum atomic E-state index is -0.416. The first-order valence-corrected chi connectivity index (χ1v) is 6.55. The lowest BCUT2D eigenvalue weighted by molar-refractivity contribution is 0.0827. The summed E-state index contributed by atoms with van der Waals surface area (Å²) in [6, 6.07) is 6.73. The van der Waals surface area contributed by atoms with Crippen molar-refractivity contribution in [1.29, 1.82) is 0 Å². The number of hydrogen-bond donors (Lipinski definition) is 2. The molecule has 0 saturated carbocycles. The van der Waals surface area contributed by atoms with Crippen molar-refractivity contribution in [1.82, 2.24) is 20.1 Å². The van der Waals surface area contributed by atoms with Gasteiger partial charge < -0.3 is 10.2 Å². The van der Waals surface area contributed by atoms with Crippen molar-refractivity contribution in [3.63, 3.8) is 0 Å². The van der Waals surface area contributed by atoms with Gasteiger partial charge >= 0.3 is 0 Å². The summed E-state index contributed by atoms with van der Waals surface area (Å²) in [6.07, 6.45) is 0.674. The number of anilines is 1. The van der Waals surface area contributed by atoms with Crippen LogP contribution in [-0.2, 0) is 6.42 Å². The highest BCUT2D eigenvalue weighted by Gasteiger charge is 2.13. The fourth-order valence-electron chi connectivity index (χ4n) is 1.73. The van der Waals surface area contributed by atoms with Gasteiger partial charge in [0.25, 0.3) is 11.8 Å². The number of nitrogens with one attached hydrogen (secondary N) is 2. The number of aryl methyl sites for hydroxylation is 1. The third-order valence-electron chi connectivity index (χ3n) is 2.84. The van der Waals surface area contributed by atoms with Crippen LogP contribution in [0.25, 0.3) is 0 Å². The van der Waals surface area contributed by atoms with Crippen molar-refractivity contribution in [2.24, 2.45) is 0 Å². The normalized spacial score (nSPS) is 10.2. The van der Waals surface area contributed by atoms with Gasteiger partial charge in [0.2, 0.25) is 5.82 Å². The van der Waals surface area contributed by atoms with Crippen LogP contribution >= 0.6 is 0 Å². The highest BCUT2D eigenvalue weighted by Crippen LogP contribution is 2.12. The molecule has 0 spiro atoms. The first kappa shape index (κ1) is 14.7. The van der Waals surface area contributed by atoms with Crippen molar-refractivity contribution in [3.05, 3.63) is 41.5 Å². The number of amides is 2. The SMILES string of the molecule is CCc1nc(C(=O)Nc2cccc(C(=O)N(C)C)c2)n[nH]1. The van der Waals surface area contributed by atoms with E-state index in [1.54, 1.807) is 38.4 Å². The van der Waals surface area contributed by atoms with Crippen molar-refractivity contribution in [2.45, 2.75) is 13.3 Å². The lowest BCUT2D eigenvalue weighted by Crippen LogP contribution is -2.22. The van der Waals surface area contributed by atoms with Gasteiger partial charge in [-0.15, -0.1) is 5.10 Å². The molecule has 1 aromatic heterocycles. The van der Waals surface area contributed by atoms with Crippen LogP contribution in [0, 0.1) is 0 Å². The van der Waals surface area contributed by atoms with Gasteiger partial charge in [0.1, 0.15) is 5.82 Å². The Labute approximate surface area is 122 Å². The smallest absolute Gasteiger partial charge is 0.295 e. The molecule has 7 heteroatoms. The van der Waals surface area contributed by atoms with E-state index in [-0.39, 0.29) is 11.7 Å². The van der Waals surface area contributed by atoms with E-state index in [2.05, 4.69) is 20.5 Å². The molecule has 2 rings (SSSR count). The number of nitrogens with zero attached hydrogens (tertiary/aromatic N) is 3. The summed E-state index contributed by atoms with van der Waals surface area (Å²) in [6.45, 7) is 1.92. The fourth-order valence-corrected chi connectivity index (χ4v) is 1.73. The zero-order valence-corrected chi connectivity index (χ0v) is 12.2. The average Bonchev–Trinajstić information content (AvgIpc) is 2.95. The van der Waals surface area contributed by atoms with Crippen LogP contribution in [0.3, 0.4) is 0 Å². The Balaban J connectivity index is 2.14. The second-order valence-corrected chi connectivity index (χ2v) is 4.69. The molecule has 0 aliphatic heterocycles. The van der Waals surface area contributed by atoms with E-state index < -0.39 is 5.91 Å². The lowest BCUT2D eigenvalue weighted by Gasteiger charge is -2.11. The van der Waals surface area contributed by atoms with E-state index in [1.165, 1.54) is 4.90 Å². The van der Waals surface area contributed by atoms with Gasteiger partial charge in [-0.25, -0.2) is 4.98 Å². The Morgan fingerprint density at radius 2 is 2.10 bits per heavy atom. The van der Waals surface area contributed by atoms with Crippen LogP contribution in [0.5, 0.6) is 0 Å². The molecule has 1 heterocycles. The first-order valence-electron chi connectivity index (χ1n) is 6.55. The highest BCUT2D eigenvalue weighted by molar-refractivity contribution is 6.02. The number of carbonyl (C=O) groups is 2. The molecule has 110 valence electrons. The summed E-state index contributed by atoms with van der Waals surface area (Å²) in [5.41, 5.74) is 1.03. The molecule has 0 aliphatic carbocycles. The molecular weight excluding hydrogens is 270 g/mol. The number of aromatic amines is 1. The molecule has 2 N–H and O–H groups in total. The van der Waals surface area contributed by atoms with Crippen molar-refractivity contribution < 1.29 is 9.59 Å². The summed E-state index contributed by atoms with van der Waals surface area (Å²) in [4.78, 5) is 29.4. The summed E-state index contributed by atoms with van der Waals surface area (Å²) in [5.74, 6) is 0.186. The zero-order valence-electron chi connectivity index (χ0n) is 12.2. The molecule has 0 aliphatic rings. The predicted molar refractivity (Wildman–Crippen MR) is 78.2 cm³/mol. The molecule has 1 aromatic carbocycles. The lowest BCUT2D eigenvalue weighted by atomic mass is 10.2. The molecule has 0 saturated heterocycles. The molecular formula is C14H17N5O2. The summed E-state index contributed by atoms with van der Waals surface area (Å²) >= 11 is 0. The quantitative estimate of drug-likeness (QED) is 0.887. The second-order valence-electron chi connectivity index (χ2n) is 4.69. The Kier molecular flexibility index (Phi) is 4.32. The Bertz CT molecular complexity index is 663. The fraction of sp³-hybridized carbons (Fsp3) is 0.286. The van der Waals surface area contributed by atoms with Crippen LogP contribution in [0.15, 0.2) is 24.3 Å². The van der Waals surface area contributed by atoms with Crippen LogP contribution in [0.2, 0.25) is 0 Å². The van der Waals surface area contributed by atoms with Gasteiger partial charge in [-0.3, -0.25) is 14.7 Å². The minimum absolute atomic E-state index is 0.0798. The van der Waals surface area contributed by atoms with E-state index >= 15 is 0 Å². The van der Waals surface area contributed by atoms with Gasteiger partial charge in [-0.2, -0.15) is 0 Å². The minimum Gasteiger partial charge on any atom is -0.345 e.